The van der Waals surface area contributed by atoms with Crippen LogP contribution in [0.1, 0.15) is 33.3 Å². The van der Waals surface area contributed by atoms with Crippen molar-refractivity contribution >= 4 is 15.9 Å². The first kappa shape index (κ1) is 13.7. The SMILES string of the molecule is CC(C)(C)C(C)(O)Cc1ccc(F)c(Br)c1. The Balaban J connectivity index is 2.93. The topological polar surface area (TPSA) is 20.2 Å². The van der Waals surface area contributed by atoms with Crippen molar-refractivity contribution in [2.75, 3.05) is 0 Å². The molecule has 0 aliphatic heterocycles. The van der Waals surface area contributed by atoms with Gasteiger partial charge in [0, 0.05) is 6.42 Å². The van der Waals surface area contributed by atoms with Crippen molar-refractivity contribution in [3.05, 3.63) is 34.1 Å². The molecule has 3 heteroatoms. The average Bonchev–Trinajstić information content (AvgIpc) is 2.09. The Labute approximate surface area is 105 Å². The lowest BCUT2D eigenvalue weighted by Gasteiger charge is -2.37. The molecule has 1 aromatic carbocycles. The number of rotatable bonds is 2. The van der Waals surface area contributed by atoms with Crippen LogP contribution >= 0.6 is 15.9 Å². The van der Waals surface area contributed by atoms with E-state index < -0.39 is 5.60 Å². The minimum Gasteiger partial charge on any atom is -0.389 e. The molecule has 1 N–H and O–H groups in total. The molecule has 0 bridgehead atoms. The van der Waals surface area contributed by atoms with E-state index in [-0.39, 0.29) is 11.2 Å². The molecule has 1 unspecified atom stereocenters. The standard InChI is InChI=1S/C13H18BrFO/c1-12(2,3)13(4,16)8-9-5-6-11(15)10(14)7-9/h5-7,16H,8H2,1-4H3. The number of benzene rings is 1. The summed E-state index contributed by atoms with van der Waals surface area (Å²) >= 11 is 3.15. The lowest BCUT2D eigenvalue weighted by molar-refractivity contribution is -0.0405. The fourth-order valence-electron chi connectivity index (χ4n) is 1.31. The normalized spacial score (nSPS) is 15.9. The van der Waals surface area contributed by atoms with Gasteiger partial charge in [0.05, 0.1) is 10.1 Å². The third-order valence-corrected chi connectivity index (χ3v) is 3.76. The Bertz CT molecular complexity index is 380. The highest BCUT2D eigenvalue weighted by Gasteiger charge is 2.35. The van der Waals surface area contributed by atoms with Crippen LogP contribution < -0.4 is 0 Å². The third kappa shape index (κ3) is 3.05. The van der Waals surface area contributed by atoms with Crippen molar-refractivity contribution in [3.8, 4) is 0 Å². The maximum atomic E-state index is 13.1. The van der Waals surface area contributed by atoms with Crippen LogP contribution in [0.2, 0.25) is 0 Å². The molecule has 1 atom stereocenters. The fourth-order valence-corrected chi connectivity index (χ4v) is 1.74. The molecule has 0 saturated carbocycles. The van der Waals surface area contributed by atoms with Gasteiger partial charge < -0.3 is 5.11 Å². The summed E-state index contributed by atoms with van der Waals surface area (Å²) in [6.45, 7) is 7.78. The summed E-state index contributed by atoms with van der Waals surface area (Å²) in [4.78, 5) is 0. The second kappa shape index (κ2) is 4.46. The first-order valence-electron chi connectivity index (χ1n) is 5.30. The van der Waals surface area contributed by atoms with Crippen LogP contribution in [0.15, 0.2) is 22.7 Å². The van der Waals surface area contributed by atoms with Gasteiger partial charge in [-0.2, -0.15) is 0 Å². The third-order valence-electron chi connectivity index (χ3n) is 3.15. The first-order chi connectivity index (χ1) is 7.13. The van der Waals surface area contributed by atoms with Crippen molar-refractivity contribution in [2.45, 2.75) is 39.7 Å². The monoisotopic (exact) mass is 288 g/mol. The highest BCUT2D eigenvalue weighted by Crippen LogP contribution is 2.33. The highest BCUT2D eigenvalue weighted by atomic mass is 79.9. The van der Waals surface area contributed by atoms with E-state index >= 15 is 0 Å². The van der Waals surface area contributed by atoms with Crippen LogP contribution in [0.25, 0.3) is 0 Å². The molecular weight excluding hydrogens is 271 g/mol. The van der Waals surface area contributed by atoms with Crippen molar-refractivity contribution < 1.29 is 9.50 Å². The molecule has 0 aliphatic carbocycles. The van der Waals surface area contributed by atoms with E-state index in [4.69, 9.17) is 0 Å². The maximum absolute atomic E-state index is 13.1. The second-order valence-electron chi connectivity index (χ2n) is 5.45. The molecular formula is C13H18BrFO. The minimum atomic E-state index is -0.815. The molecule has 1 aromatic rings. The molecule has 0 radical (unpaired) electrons. The van der Waals surface area contributed by atoms with Gasteiger partial charge in [-0.15, -0.1) is 0 Å². The van der Waals surface area contributed by atoms with Gasteiger partial charge in [0.1, 0.15) is 5.82 Å². The molecule has 0 aliphatic rings. The van der Waals surface area contributed by atoms with Gasteiger partial charge in [-0.05, 0) is 46.0 Å². The van der Waals surface area contributed by atoms with E-state index in [1.165, 1.54) is 6.07 Å². The summed E-state index contributed by atoms with van der Waals surface area (Å²) < 4.78 is 13.5. The molecule has 1 nitrogen and oxygen atoms in total. The van der Waals surface area contributed by atoms with Gasteiger partial charge in [-0.25, -0.2) is 4.39 Å². The van der Waals surface area contributed by atoms with E-state index in [2.05, 4.69) is 15.9 Å². The van der Waals surface area contributed by atoms with Crippen molar-refractivity contribution in [1.29, 1.82) is 0 Å². The number of halogens is 2. The van der Waals surface area contributed by atoms with Gasteiger partial charge >= 0.3 is 0 Å². The number of aliphatic hydroxyl groups is 1. The zero-order valence-corrected chi connectivity index (χ0v) is 11.7. The van der Waals surface area contributed by atoms with E-state index in [1.807, 2.05) is 27.7 Å². The average molecular weight is 289 g/mol. The Morgan fingerprint density at radius 3 is 2.25 bits per heavy atom. The molecule has 1 rings (SSSR count). The minimum absolute atomic E-state index is 0.214. The van der Waals surface area contributed by atoms with Crippen LogP contribution in [0.4, 0.5) is 4.39 Å². The molecule has 0 heterocycles. The molecule has 0 aromatic heterocycles. The maximum Gasteiger partial charge on any atom is 0.137 e. The quantitative estimate of drug-likeness (QED) is 0.874. The molecule has 0 saturated heterocycles. The van der Waals surface area contributed by atoms with Gasteiger partial charge in [0.2, 0.25) is 0 Å². The molecule has 16 heavy (non-hydrogen) atoms. The largest absolute Gasteiger partial charge is 0.389 e. The molecule has 0 amide bonds. The summed E-state index contributed by atoms with van der Waals surface area (Å²) in [6, 6.07) is 4.84. The molecule has 0 spiro atoms. The van der Waals surface area contributed by atoms with E-state index in [9.17, 15) is 9.50 Å². The lowest BCUT2D eigenvalue weighted by atomic mass is 9.74. The van der Waals surface area contributed by atoms with Gasteiger partial charge in [0.25, 0.3) is 0 Å². The summed E-state index contributed by atoms with van der Waals surface area (Å²) in [7, 11) is 0. The number of hydrogen-bond acceptors (Lipinski definition) is 1. The summed E-state index contributed by atoms with van der Waals surface area (Å²) in [6.07, 6.45) is 0.509. The van der Waals surface area contributed by atoms with Crippen LogP contribution in [-0.4, -0.2) is 10.7 Å². The van der Waals surface area contributed by atoms with Gasteiger partial charge in [-0.1, -0.05) is 26.8 Å². The van der Waals surface area contributed by atoms with Crippen LogP contribution in [0, 0.1) is 11.2 Å². The highest BCUT2D eigenvalue weighted by molar-refractivity contribution is 9.10. The Hall–Kier alpha value is -0.410. The molecule has 90 valence electrons. The predicted octanol–water partition coefficient (Wildman–Crippen LogP) is 3.93. The smallest absolute Gasteiger partial charge is 0.137 e. The zero-order valence-electron chi connectivity index (χ0n) is 10.1. The molecule has 0 fully saturated rings. The number of hydrogen-bond donors (Lipinski definition) is 1. The summed E-state index contributed by atoms with van der Waals surface area (Å²) in [5.74, 6) is -0.279. The zero-order chi connectivity index (χ0) is 12.6. The van der Waals surface area contributed by atoms with Gasteiger partial charge in [-0.3, -0.25) is 0 Å². The Morgan fingerprint density at radius 1 is 1.25 bits per heavy atom. The first-order valence-corrected chi connectivity index (χ1v) is 6.09. The van der Waals surface area contributed by atoms with Crippen LogP contribution in [0.3, 0.4) is 0 Å². The van der Waals surface area contributed by atoms with Crippen LogP contribution in [-0.2, 0) is 6.42 Å². The van der Waals surface area contributed by atoms with E-state index in [0.717, 1.165) is 5.56 Å². The lowest BCUT2D eigenvalue weighted by Crippen LogP contribution is -2.41. The Morgan fingerprint density at radius 2 is 1.81 bits per heavy atom. The van der Waals surface area contributed by atoms with Crippen LogP contribution in [0.5, 0.6) is 0 Å². The summed E-state index contributed by atoms with van der Waals surface area (Å²) in [5.41, 5.74) is -0.105. The van der Waals surface area contributed by atoms with Crippen molar-refractivity contribution in [1.82, 2.24) is 0 Å². The fraction of sp³-hybridized carbons (Fsp3) is 0.538. The Kier molecular flexibility index (Phi) is 3.80. The van der Waals surface area contributed by atoms with Crippen molar-refractivity contribution in [3.63, 3.8) is 0 Å². The van der Waals surface area contributed by atoms with Gasteiger partial charge in [0.15, 0.2) is 0 Å². The second-order valence-corrected chi connectivity index (χ2v) is 6.30. The van der Waals surface area contributed by atoms with E-state index in [1.54, 1.807) is 12.1 Å². The summed E-state index contributed by atoms with van der Waals surface area (Å²) in [5, 5.41) is 10.4. The van der Waals surface area contributed by atoms with E-state index in [0.29, 0.717) is 10.9 Å². The van der Waals surface area contributed by atoms with Crippen molar-refractivity contribution in [2.24, 2.45) is 5.41 Å². The predicted molar refractivity (Wildman–Crippen MR) is 67.9 cm³/mol.